The molecule has 0 saturated carbocycles. The van der Waals surface area contributed by atoms with E-state index in [9.17, 15) is 0 Å². The Morgan fingerprint density at radius 3 is 0.922 bits per heavy atom. The molecule has 5 heteroatoms. The molecule has 0 N–H and O–H groups in total. The van der Waals surface area contributed by atoms with Crippen LogP contribution in [-0.4, -0.2) is 19.9 Å². The lowest BCUT2D eigenvalue weighted by Crippen LogP contribution is -1.92. The van der Waals surface area contributed by atoms with E-state index in [1.165, 1.54) is 96.6 Å². The minimum absolute atomic E-state index is 1.07. The normalized spacial score (nSPS) is 11.6. The van der Waals surface area contributed by atoms with Crippen molar-refractivity contribution in [3.05, 3.63) is 268 Å². The predicted octanol–water partition coefficient (Wildman–Crippen LogP) is 19.6. The Kier molecular flexibility index (Phi) is 10.7. The Bertz CT molecular complexity index is 4550. The Morgan fingerprint density at radius 1 is 0.221 bits per heavy atom. The predicted molar refractivity (Wildman–Crippen MR) is 324 cm³/mol. The summed E-state index contributed by atoms with van der Waals surface area (Å²) in [4.78, 5) is 18.1. The van der Waals surface area contributed by atoms with Gasteiger partial charge in [-0.25, -0.2) is 0 Å². The van der Waals surface area contributed by atoms with Crippen LogP contribution in [0.15, 0.2) is 268 Å². The van der Waals surface area contributed by atoms with Crippen molar-refractivity contribution < 1.29 is 0 Å². The molecule has 0 amide bonds. The lowest BCUT2D eigenvalue weighted by atomic mass is 9.84. The highest BCUT2D eigenvalue weighted by atomic mass is 32.1. The van der Waals surface area contributed by atoms with Crippen LogP contribution < -0.4 is 0 Å². The fraction of sp³-hybridized carbons (Fsp3) is 0. The SMILES string of the molecule is c1cncc(-c2cc(-c3cccnc3)cc(-c3c4ccccc4c(-c4ccc5sc6c(-c7c8ccccc8c(-c8cc(-c9cccnc9)cc(-c9cccnc9)c8)c8ccccc78)cccc6c5c4)c4ccccc34)c2)c1. The lowest BCUT2D eigenvalue weighted by Gasteiger charge is -2.19. The van der Waals surface area contributed by atoms with Crippen LogP contribution in [0.4, 0.5) is 0 Å². The Balaban J connectivity index is 0.922. The fourth-order valence-electron chi connectivity index (χ4n) is 12.0. The van der Waals surface area contributed by atoms with Crippen molar-refractivity contribution in [2.75, 3.05) is 0 Å². The van der Waals surface area contributed by atoms with E-state index in [0.29, 0.717) is 0 Å². The Morgan fingerprint density at radius 2 is 0.558 bits per heavy atom. The second-order valence-electron chi connectivity index (χ2n) is 19.7. The van der Waals surface area contributed by atoms with Crippen LogP contribution in [0.1, 0.15) is 0 Å². The smallest absolute Gasteiger partial charge is 0.0434 e. The highest BCUT2D eigenvalue weighted by Gasteiger charge is 2.23. The fourth-order valence-corrected chi connectivity index (χ4v) is 13.2. The van der Waals surface area contributed by atoms with Crippen LogP contribution in [0.5, 0.6) is 0 Å². The van der Waals surface area contributed by atoms with Gasteiger partial charge in [0.25, 0.3) is 0 Å². The summed E-state index contributed by atoms with van der Waals surface area (Å²) in [5.41, 5.74) is 18.4. The van der Waals surface area contributed by atoms with E-state index in [2.05, 4.69) is 214 Å². The summed E-state index contributed by atoms with van der Waals surface area (Å²) in [6, 6.07) is 80.3. The van der Waals surface area contributed by atoms with Gasteiger partial charge in [-0.05, 0) is 177 Å². The lowest BCUT2D eigenvalue weighted by molar-refractivity contribution is 1.32. The molecule has 358 valence electrons. The molecular formula is C72H44N4S. The Hall–Kier alpha value is -9.94. The first-order chi connectivity index (χ1) is 38.2. The van der Waals surface area contributed by atoms with Gasteiger partial charge in [0.2, 0.25) is 0 Å². The molecule has 0 atom stereocenters. The summed E-state index contributed by atoms with van der Waals surface area (Å²) in [5.74, 6) is 0. The van der Waals surface area contributed by atoms with E-state index in [0.717, 1.165) is 55.6 Å². The van der Waals surface area contributed by atoms with E-state index < -0.39 is 0 Å². The van der Waals surface area contributed by atoms with E-state index in [1.54, 1.807) is 0 Å². The van der Waals surface area contributed by atoms with Crippen LogP contribution in [0.3, 0.4) is 0 Å². The van der Waals surface area contributed by atoms with Crippen molar-refractivity contribution >= 4 is 74.6 Å². The number of rotatable bonds is 8. The largest absolute Gasteiger partial charge is 0.264 e. The highest BCUT2D eigenvalue weighted by molar-refractivity contribution is 7.26. The molecule has 0 aliphatic heterocycles. The van der Waals surface area contributed by atoms with Gasteiger partial charge in [-0.3, -0.25) is 19.9 Å². The van der Waals surface area contributed by atoms with Gasteiger partial charge in [-0.1, -0.05) is 146 Å². The average molecular weight is 997 g/mol. The van der Waals surface area contributed by atoms with Crippen LogP contribution >= 0.6 is 11.3 Å². The molecule has 5 aromatic heterocycles. The first kappa shape index (κ1) is 44.5. The zero-order chi connectivity index (χ0) is 50.8. The number of fused-ring (bicyclic) bond motifs is 7. The van der Waals surface area contributed by atoms with Crippen LogP contribution in [0.2, 0.25) is 0 Å². The van der Waals surface area contributed by atoms with Gasteiger partial charge in [0.1, 0.15) is 0 Å². The summed E-state index contributed by atoms with van der Waals surface area (Å²) in [6.45, 7) is 0. The number of hydrogen-bond donors (Lipinski definition) is 0. The second-order valence-corrected chi connectivity index (χ2v) is 20.8. The number of thiophene rings is 1. The van der Waals surface area contributed by atoms with Crippen molar-refractivity contribution in [3.8, 4) is 89.0 Å². The van der Waals surface area contributed by atoms with E-state index in [1.807, 2.05) is 85.2 Å². The first-order valence-electron chi connectivity index (χ1n) is 26.0. The molecule has 0 aliphatic carbocycles. The minimum atomic E-state index is 1.07. The molecule has 0 spiro atoms. The number of aromatic nitrogens is 4. The standard InChI is InChI=1S/C72H44N4S/c1-3-20-58-56(18-1)68(57-19-2-4-21-59(57)69(58)54-36-50(46-14-10-30-73-41-46)34-51(37-54)47-15-11-31-74-42-47)45-28-29-67-66(40-45)64-26-9-27-65(72(64)77-67)71-62-24-7-5-22-60(62)70(61-23-6-8-25-63(61)71)55-38-52(48-16-12-32-75-43-48)35-53(39-55)49-17-13-33-76-44-49/h1-44H. The molecule has 0 bridgehead atoms. The minimum Gasteiger partial charge on any atom is -0.264 e. The molecule has 15 aromatic rings. The van der Waals surface area contributed by atoms with Crippen molar-refractivity contribution in [3.63, 3.8) is 0 Å². The quantitative estimate of drug-likeness (QED) is 0.142. The third-order valence-corrected chi connectivity index (χ3v) is 16.6. The molecule has 77 heavy (non-hydrogen) atoms. The number of nitrogens with zero attached hydrogens (tertiary/aromatic N) is 4. The maximum absolute atomic E-state index is 4.52. The average Bonchev–Trinajstić information content (AvgIpc) is 4.02. The molecule has 4 nitrogen and oxygen atoms in total. The van der Waals surface area contributed by atoms with Crippen molar-refractivity contribution in [1.29, 1.82) is 0 Å². The molecule has 0 fully saturated rings. The van der Waals surface area contributed by atoms with Crippen molar-refractivity contribution in [2.24, 2.45) is 0 Å². The van der Waals surface area contributed by atoms with Crippen molar-refractivity contribution in [2.45, 2.75) is 0 Å². The monoisotopic (exact) mass is 996 g/mol. The molecule has 5 heterocycles. The van der Waals surface area contributed by atoms with Gasteiger partial charge < -0.3 is 0 Å². The van der Waals surface area contributed by atoms with Gasteiger partial charge in [0.15, 0.2) is 0 Å². The maximum atomic E-state index is 4.52. The number of hydrogen-bond acceptors (Lipinski definition) is 5. The third kappa shape index (κ3) is 7.58. The summed E-state index contributed by atoms with van der Waals surface area (Å²) in [6.07, 6.45) is 15.1. The summed E-state index contributed by atoms with van der Waals surface area (Å²) in [7, 11) is 0. The van der Waals surface area contributed by atoms with Crippen LogP contribution in [-0.2, 0) is 0 Å². The second kappa shape index (κ2) is 18.5. The molecule has 0 unspecified atom stereocenters. The zero-order valence-corrected chi connectivity index (χ0v) is 42.4. The highest BCUT2D eigenvalue weighted by Crippen LogP contribution is 2.51. The van der Waals surface area contributed by atoms with E-state index >= 15 is 0 Å². The topological polar surface area (TPSA) is 51.6 Å². The van der Waals surface area contributed by atoms with Gasteiger partial charge in [-0.2, -0.15) is 0 Å². The van der Waals surface area contributed by atoms with E-state index in [-0.39, 0.29) is 0 Å². The zero-order valence-electron chi connectivity index (χ0n) is 41.6. The van der Waals surface area contributed by atoms with Gasteiger partial charge in [0, 0.05) is 97.6 Å². The van der Waals surface area contributed by atoms with Gasteiger partial charge in [-0.15, -0.1) is 11.3 Å². The maximum Gasteiger partial charge on any atom is 0.0434 e. The van der Waals surface area contributed by atoms with Crippen LogP contribution in [0, 0.1) is 0 Å². The molecule has 0 aliphatic rings. The van der Waals surface area contributed by atoms with Crippen LogP contribution in [0.25, 0.3) is 152 Å². The van der Waals surface area contributed by atoms with E-state index in [4.69, 9.17) is 0 Å². The summed E-state index contributed by atoms with van der Waals surface area (Å²) < 4.78 is 2.54. The molecular weight excluding hydrogens is 953 g/mol. The van der Waals surface area contributed by atoms with Crippen molar-refractivity contribution in [1.82, 2.24) is 19.9 Å². The first-order valence-corrected chi connectivity index (χ1v) is 26.8. The molecule has 10 aromatic carbocycles. The summed E-state index contributed by atoms with van der Waals surface area (Å²) in [5, 5.41) is 12.2. The molecule has 0 radical (unpaired) electrons. The van der Waals surface area contributed by atoms with Gasteiger partial charge in [0.05, 0.1) is 0 Å². The summed E-state index contributed by atoms with van der Waals surface area (Å²) >= 11 is 1.89. The number of pyridine rings is 4. The molecule has 0 saturated heterocycles. The Labute approximate surface area is 448 Å². The van der Waals surface area contributed by atoms with Gasteiger partial charge >= 0.3 is 0 Å². The molecule has 15 rings (SSSR count). The third-order valence-electron chi connectivity index (χ3n) is 15.3. The number of benzene rings is 10.